The van der Waals surface area contributed by atoms with Crippen LogP contribution in [0.15, 0.2) is 4.99 Å². The van der Waals surface area contributed by atoms with Gasteiger partial charge in [0.05, 0.1) is 12.6 Å². The first-order chi connectivity index (χ1) is 9.10. The van der Waals surface area contributed by atoms with Crippen LogP contribution in [0.2, 0.25) is 0 Å². The van der Waals surface area contributed by atoms with Crippen LogP contribution in [-0.4, -0.2) is 42.0 Å². The fourth-order valence-corrected chi connectivity index (χ4v) is 2.88. The molecular weight excluding hydrogens is 242 g/mol. The largest absolute Gasteiger partial charge is 0.385 e. The summed E-state index contributed by atoms with van der Waals surface area (Å²) in [6.07, 6.45) is 7.98. The minimum atomic E-state index is -0.851. The Morgan fingerprint density at radius 2 is 2.05 bits per heavy atom. The summed E-state index contributed by atoms with van der Waals surface area (Å²) in [5.41, 5.74) is 5.07. The van der Waals surface area contributed by atoms with Crippen LogP contribution in [0.3, 0.4) is 0 Å². The van der Waals surface area contributed by atoms with Crippen molar-refractivity contribution in [2.75, 3.05) is 13.2 Å². The second kappa shape index (κ2) is 6.57. The molecule has 1 aliphatic carbocycles. The number of aliphatic hydroxyl groups is 1. The first-order valence-corrected chi connectivity index (χ1v) is 7.50. The third-order valence-corrected chi connectivity index (χ3v) is 4.39. The van der Waals surface area contributed by atoms with Crippen LogP contribution in [-0.2, 0) is 4.74 Å². The van der Waals surface area contributed by atoms with E-state index >= 15 is 0 Å². The van der Waals surface area contributed by atoms with Gasteiger partial charge in [-0.05, 0) is 19.8 Å². The van der Waals surface area contributed by atoms with E-state index in [0.29, 0.717) is 31.6 Å². The Balaban J connectivity index is 1.81. The number of hydrogen-bond acceptors (Lipinski definition) is 3. The van der Waals surface area contributed by atoms with E-state index in [1.807, 2.05) is 6.92 Å². The standard InChI is InChI=1S/C14H27N3O2/c1-11-14(18,8-9-19-11)10-16-13(15)17-12-6-4-2-3-5-7-12/h11-12,18H,2-10H2,1H3,(H3,15,16,17). The fraction of sp³-hybridized carbons (Fsp3) is 0.929. The van der Waals surface area contributed by atoms with Gasteiger partial charge in [0, 0.05) is 19.1 Å². The van der Waals surface area contributed by atoms with E-state index in [2.05, 4.69) is 10.3 Å². The van der Waals surface area contributed by atoms with E-state index in [4.69, 9.17) is 10.5 Å². The molecular formula is C14H27N3O2. The highest BCUT2D eigenvalue weighted by Gasteiger charge is 2.39. The minimum Gasteiger partial charge on any atom is -0.385 e. The molecule has 0 radical (unpaired) electrons. The van der Waals surface area contributed by atoms with Gasteiger partial charge in [-0.25, -0.2) is 0 Å². The first-order valence-electron chi connectivity index (χ1n) is 7.50. The first kappa shape index (κ1) is 14.6. The van der Waals surface area contributed by atoms with Gasteiger partial charge in [0.25, 0.3) is 0 Å². The van der Waals surface area contributed by atoms with Crippen LogP contribution in [0, 0.1) is 0 Å². The molecule has 0 spiro atoms. The number of nitrogens with one attached hydrogen (secondary N) is 1. The number of nitrogens with zero attached hydrogens (tertiary/aromatic N) is 1. The lowest BCUT2D eigenvalue weighted by Crippen LogP contribution is -2.43. The summed E-state index contributed by atoms with van der Waals surface area (Å²) in [5.74, 6) is 0.458. The lowest BCUT2D eigenvalue weighted by Gasteiger charge is -2.24. The summed E-state index contributed by atoms with van der Waals surface area (Å²) in [5, 5.41) is 13.6. The predicted octanol–water partition coefficient (Wildman–Crippen LogP) is 1.15. The zero-order valence-electron chi connectivity index (χ0n) is 11.9. The molecule has 0 amide bonds. The topological polar surface area (TPSA) is 79.9 Å². The number of aliphatic imine (C=N–C) groups is 1. The third kappa shape index (κ3) is 4.08. The molecule has 0 bridgehead atoms. The van der Waals surface area contributed by atoms with Crippen molar-refractivity contribution in [3.63, 3.8) is 0 Å². The van der Waals surface area contributed by atoms with Crippen LogP contribution in [0.4, 0.5) is 0 Å². The summed E-state index contributed by atoms with van der Waals surface area (Å²) in [6, 6.07) is 0.443. The second-order valence-electron chi connectivity index (χ2n) is 5.90. The van der Waals surface area contributed by atoms with Crippen molar-refractivity contribution in [3.8, 4) is 0 Å². The van der Waals surface area contributed by atoms with Crippen molar-refractivity contribution < 1.29 is 9.84 Å². The van der Waals surface area contributed by atoms with Crippen molar-refractivity contribution in [3.05, 3.63) is 0 Å². The average Bonchev–Trinajstić information content (AvgIpc) is 2.58. The van der Waals surface area contributed by atoms with E-state index in [-0.39, 0.29) is 6.10 Å². The molecule has 0 aromatic rings. The molecule has 5 heteroatoms. The lowest BCUT2D eigenvalue weighted by molar-refractivity contribution is -0.0201. The quantitative estimate of drug-likeness (QED) is 0.408. The molecule has 1 saturated carbocycles. The molecule has 2 aliphatic rings. The zero-order valence-corrected chi connectivity index (χ0v) is 11.9. The Kier molecular flexibility index (Phi) is 5.05. The normalized spacial score (nSPS) is 34.2. The average molecular weight is 269 g/mol. The van der Waals surface area contributed by atoms with Gasteiger partial charge < -0.3 is 20.9 Å². The monoisotopic (exact) mass is 269 g/mol. The molecule has 0 aromatic carbocycles. The summed E-state index contributed by atoms with van der Waals surface area (Å²) in [4.78, 5) is 4.31. The van der Waals surface area contributed by atoms with E-state index in [1.165, 1.54) is 38.5 Å². The highest BCUT2D eigenvalue weighted by Crippen LogP contribution is 2.25. The van der Waals surface area contributed by atoms with Crippen molar-refractivity contribution >= 4 is 5.96 Å². The maximum absolute atomic E-state index is 10.3. The maximum Gasteiger partial charge on any atom is 0.188 e. The van der Waals surface area contributed by atoms with Crippen LogP contribution >= 0.6 is 0 Å². The van der Waals surface area contributed by atoms with E-state index < -0.39 is 5.60 Å². The number of guanidine groups is 1. The SMILES string of the molecule is CC1OCCC1(O)CN=C(N)NC1CCCCCC1. The summed E-state index contributed by atoms with van der Waals surface area (Å²) < 4.78 is 5.39. The second-order valence-corrected chi connectivity index (χ2v) is 5.90. The molecule has 5 nitrogen and oxygen atoms in total. The Hall–Kier alpha value is -0.810. The van der Waals surface area contributed by atoms with Gasteiger partial charge >= 0.3 is 0 Å². The van der Waals surface area contributed by atoms with Gasteiger partial charge in [0.2, 0.25) is 0 Å². The molecule has 0 aromatic heterocycles. The molecule has 1 aliphatic heterocycles. The predicted molar refractivity (Wildman–Crippen MR) is 76.1 cm³/mol. The number of rotatable bonds is 3. The number of nitrogens with two attached hydrogens (primary N) is 1. The molecule has 110 valence electrons. The van der Waals surface area contributed by atoms with Crippen LogP contribution in [0.1, 0.15) is 51.9 Å². The Bertz CT molecular complexity index is 314. The van der Waals surface area contributed by atoms with Crippen LogP contribution in [0.25, 0.3) is 0 Å². The maximum atomic E-state index is 10.3. The smallest absolute Gasteiger partial charge is 0.188 e. The molecule has 1 saturated heterocycles. The zero-order chi connectivity index (χ0) is 13.7. The Labute approximate surface area is 115 Å². The van der Waals surface area contributed by atoms with E-state index in [0.717, 1.165) is 0 Å². The molecule has 2 rings (SSSR count). The van der Waals surface area contributed by atoms with Gasteiger partial charge in [0.15, 0.2) is 5.96 Å². The van der Waals surface area contributed by atoms with Crippen LogP contribution < -0.4 is 11.1 Å². The number of hydrogen-bond donors (Lipinski definition) is 3. The highest BCUT2D eigenvalue weighted by molar-refractivity contribution is 5.78. The van der Waals surface area contributed by atoms with Crippen molar-refractivity contribution in [1.29, 1.82) is 0 Å². The van der Waals surface area contributed by atoms with Crippen molar-refractivity contribution in [1.82, 2.24) is 5.32 Å². The summed E-state index contributed by atoms with van der Waals surface area (Å²) in [6.45, 7) is 2.81. The highest BCUT2D eigenvalue weighted by atomic mass is 16.5. The summed E-state index contributed by atoms with van der Waals surface area (Å²) in [7, 11) is 0. The molecule has 4 N–H and O–H groups in total. The van der Waals surface area contributed by atoms with Crippen molar-refractivity contribution in [2.24, 2.45) is 10.7 Å². The van der Waals surface area contributed by atoms with Crippen molar-refractivity contribution in [2.45, 2.75) is 69.6 Å². The van der Waals surface area contributed by atoms with Gasteiger partial charge in [-0.15, -0.1) is 0 Å². The lowest BCUT2D eigenvalue weighted by atomic mass is 9.97. The number of ether oxygens (including phenoxy) is 1. The van der Waals surface area contributed by atoms with Gasteiger partial charge in [0.1, 0.15) is 5.60 Å². The van der Waals surface area contributed by atoms with E-state index in [1.54, 1.807) is 0 Å². The molecule has 19 heavy (non-hydrogen) atoms. The molecule has 2 unspecified atom stereocenters. The Morgan fingerprint density at radius 1 is 1.37 bits per heavy atom. The molecule has 2 atom stereocenters. The minimum absolute atomic E-state index is 0.165. The molecule has 1 heterocycles. The van der Waals surface area contributed by atoms with Gasteiger partial charge in [-0.1, -0.05) is 25.7 Å². The third-order valence-electron chi connectivity index (χ3n) is 4.39. The summed E-state index contributed by atoms with van der Waals surface area (Å²) >= 11 is 0. The van der Waals surface area contributed by atoms with Gasteiger partial charge in [-0.3, -0.25) is 4.99 Å². The Morgan fingerprint density at radius 3 is 2.63 bits per heavy atom. The van der Waals surface area contributed by atoms with Crippen LogP contribution in [0.5, 0.6) is 0 Å². The van der Waals surface area contributed by atoms with Gasteiger partial charge in [-0.2, -0.15) is 0 Å². The molecule has 2 fully saturated rings. The van der Waals surface area contributed by atoms with E-state index in [9.17, 15) is 5.11 Å². The fourth-order valence-electron chi connectivity index (χ4n) is 2.88.